The Morgan fingerprint density at radius 3 is 2.83 bits per heavy atom. The van der Waals surface area contributed by atoms with E-state index in [4.69, 9.17) is 0 Å². The SMILES string of the molecule is CN(C)CCNC(=O)[C@@H]1C[C@@H](Sc2ccccn2)CN1Cc1ccc(F)cc1F. The normalized spacial score (nSPS) is 19.6. The minimum Gasteiger partial charge on any atom is -0.353 e. The Balaban J connectivity index is 1.71. The molecule has 0 radical (unpaired) electrons. The summed E-state index contributed by atoms with van der Waals surface area (Å²) in [7, 11) is 3.90. The van der Waals surface area contributed by atoms with E-state index in [-0.39, 0.29) is 23.7 Å². The smallest absolute Gasteiger partial charge is 0.237 e. The number of halogens is 2. The maximum atomic E-state index is 14.2. The summed E-state index contributed by atoms with van der Waals surface area (Å²) in [6, 6.07) is 8.97. The highest BCUT2D eigenvalue weighted by atomic mass is 32.2. The first kappa shape index (κ1) is 21.7. The van der Waals surface area contributed by atoms with Crippen molar-refractivity contribution in [1.82, 2.24) is 20.1 Å². The standard InChI is InChI=1S/C21H26F2N4OS/c1-26(2)10-9-25-21(28)19-12-17(29-20-5-3-4-8-24-20)14-27(19)13-15-6-7-16(22)11-18(15)23/h3-8,11,17,19H,9-10,12-14H2,1-2H3,(H,25,28)/t17-,19+/m1/s1. The number of rotatable bonds is 8. The Labute approximate surface area is 174 Å². The first-order valence-corrected chi connectivity index (χ1v) is 10.5. The molecule has 3 rings (SSSR count). The topological polar surface area (TPSA) is 48.5 Å². The molecule has 1 saturated heterocycles. The molecule has 0 saturated carbocycles. The van der Waals surface area contributed by atoms with Crippen molar-refractivity contribution in [3.8, 4) is 0 Å². The molecule has 0 aliphatic carbocycles. The number of hydrogen-bond acceptors (Lipinski definition) is 5. The van der Waals surface area contributed by atoms with E-state index in [9.17, 15) is 13.6 Å². The molecule has 2 atom stereocenters. The zero-order valence-corrected chi connectivity index (χ0v) is 17.5. The number of likely N-dealkylation sites (N-methyl/N-ethyl adjacent to an activating group) is 1. The minimum absolute atomic E-state index is 0.0570. The van der Waals surface area contributed by atoms with Gasteiger partial charge in [-0.25, -0.2) is 13.8 Å². The van der Waals surface area contributed by atoms with E-state index in [1.807, 2.05) is 42.1 Å². The van der Waals surface area contributed by atoms with Crippen LogP contribution in [0.1, 0.15) is 12.0 Å². The van der Waals surface area contributed by atoms with Crippen molar-refractivity contribution < 1.29 is 13.6 Å². The van der Waals surface area contributed by atoms with Gasteiger partial charge in [0.1, 0.15) is 11.6 Å². The summed E-state index contributed by atoms with van der Waals surface area (Å²) in [4.78, 5) is 21.1. The lowest BCUT2D eigenvalue weighted by Crippen LogP contribution is -2.44. The third-order valence-electron chi connectivity index (χ3n) is 4.84. The van der Waals surface area contributed by atoms with Crippen molar-refractivity contribution in [3.05, 3.63) is 59.8 Å². The van der Waals surface area contributed by atoms with E-state index in [0.29, 0.717) is 25.1 Å². The van der Waals surface area contributed by atoms with E-state index in [2.05, 4.69) is 10.3 Å². The second-order valence-corrected chi connectivity index (χ2v) is 8.74. The number of amides is 1. The predicted octanol–water partition coefficient (Wildman–Crippen LogP) is 2.77. The van der Waals surface area contributed by atoms with Crippen LogP contribution in [0.5, 0.6) is 0 Å². The maximum absolute atomic E-state index is 14.2. The lowest BCUT2D eigenvalue weighted by atomic mass is 10.1. The summed E-state index contributed by atoms with van der Waals surface area (Å²) >= 11 is 1.63. The number of nitrogens with one attached hydrogen (secondary N) is 1. The van der Waals surface area contributed by atoms with Crippen LogP contribution in [0.25, 0.3) is 0 Å². The number of aromatic nitrogens is 1. The van der Waals surface area contributed by atoms with Gasteiger partial charge in [0, 0.05) is 49.3 Å². The van der Waals surface area contributed by atoms with Gasteiger partial charge in [-0.2, -0.15) is 0 Å². The number of thioether (sulfide) groups is 1. The van der Waals surface area contributed by atoms with Crippen LogP contribution in [-0.4, -0.2) is 65.7 Å². The van der Waals surface area contributed by atoms with Crippen molar-refractivity contribution in [2.45, 2.75) is 29.3 Å². The highest BCUT2D eigenvalue weighted by molar-refractivity contribution is 7.99. The average molecular weight is 421 g/mol. The first-order valence-electron chi connectivity index (χ1n) is 9.60. The molecule has 0 spiro atoms. The number of carbonyl (C=O) groups is 1. The molecule has 1 N–H and O–H groups in total. The Bertz CT molecular complexity index is 822. The zero-order chi connectivity index (χ0) is 20.8. The average Bonchev–Trinajstić information content (AvgIpc) is 3.07. The third kappa shape index (κ3) is 6.22. The molecule has 0 unspecified atom stereocenters. The first-order chi connectivity index (χ1) is 13.9. The van der Waals surface area contributed by atoms with Crippen LogP contribution >= 0.6 is 11.8 Å². The molecule has 1 aliphatic rings. The molecule has 1 aromatic heterocycles. The molecule has 2 aromatic rings. The molecule has 1 aromatic carbocycles. The number of nitrogens with zero attached hydrogens (tertiary/aromatic N) is 3. The fourth-order valence-electron chi connectivity index (χ4n) is 3.37. The van der Waals surface area contributed by atoms with Crippen molar-refractivity contribution >= 4 is 17.7 Å². The van der Waals surface area contributed by atoms with Crippen LogP contribution < -0.4 is 5.32 Å². The van der Waals surface area contributed by atoms with Gasteiger partial charge in [0.05, 0.1) is 11.1 Å². The van der Waals surface area contributed by atoms with Gasteiger partial charge >= 0.3 is 0 Å². The third-order valence-corrected chi connectivity index (χ3v) is 6.00. The van der Waals surface area contributed by atoms with Crippen molar-refractivity contribution in [1.29, 1.82) is 0 Å². The summed E-state index contributed by atoms with van der Waals surface area (Å²) in [6.45, 7) is 2.19. The van der Waals surface area contributed by atoms with Gasteiger partial charge in [-0.1, -0.05) is 12.1 Å². The summed E-state index contributed by atoms with van der Waals surface area (Å²) in [5.41, 5.74) is 0.390. The monoisotopic (exact) mass is 420 g/mol. The van der Waals surface area contributed by atoms with E-state index in [0.717, 1.165) is 17.6 Å². The number of likely N-dealkylation sites (tertiary alicyclic amines) is 1. The van der Waals surface area contributed by atoms with Gasteiger partial charge < -0.3 is 10.2 Å². The van der Waals surface area contributed by atoms with Crippen LogP contribution in [0, 0.1) is 11.6 Å². The molecule has 156 valence electrons. The summed E-state index contributed by atoms with van der Waals surface area (Å²) in [6.07, 6.45) is 2.40. The van der Waals surface area contributed by atoms with Gasteiger partial charge in [-0.3, -0.25) is 9.69 Å². The van der Waals surface area contributed by atoms with Crippen molar-refractivity contribution in [2.24, 2.45) is 0 Å². The van der Waals surface area contributed by atoms with Crippen LogP contribution in [0.4, 0.5) is 8.78 Å². The van der Waals surface area contributed by atoms with Crippen molar-refractivity contribution in [2.75, 3.05) is 33.7 Å². The number of pyridine rings is 1. The minimum atomic E-state index is -0.603. The van der Waals surface area contributed by atoms with Crippen molar-refractivity contribution in [3.63, 3.8) is 0 Å². The molecule has 1 amide bonds. The summed E-state index contributed by atoms with van der Waals surface area (Å²) in [5, 5.41) is 4.05. The highest BCUT2D eigenvalue weighted by Crippen LogP contribution is 2.33. The predicted molar refractivity (Wildman–Crippen MR) is 111 cm³/mol. The molecule has 0 bridgehead atoms. The summed E-state index contributed by atoms with van der Waals surface area (Å²) < 4.78 is 27.4. The quantitative estimate of drug-likeness (QED) is 0.712. The van der Waals surface area contributed by atoms with Crippen LogP contribution in [0.3, 0.4) is 0 Å². The Hall–Kier alpha value is -2.03. The Kier molecular flexibility index (Phi) is 7.57. The molecule has 1 fully saturated rings. The molecular weight excluding hydrogens is 394 g/mol. The van der Waals surface area contributed by atoms with Crippen LogP contribution in [0.15, 0.2) is 47.6 Å². The number of hydrogen-bond donors (Lipinski definition) is 1. The lowest BCUT2D eigenvalue weighted by Gasteiger charge is -2.24. The van der Waals surface area contributed by atoms with E-state index < -0.39 is 11.6 Å². The fourth-order valence-corrected chi connectivity index (χ4v) is 4.54. The summed E-state index contributed by atoms with van der Waals surface area (Å²) in [5.74, 6) is -1.25. The fraction of sp³-hybridized carbons (Fsp3) is 0.429. The maximum Gasteiger partial charge on any atom is 0.237 e. The number of carbonyl (C=O) groups excluding carboxylic acids is 1. The zero-order valence-electron chi connectivity index (χ0n) is 16.6. The van der Waals surface area contributed by atoms with E-state index in [1.165, 1.54) is 12.1 Å². The van der Waals surface area contributed by atoms with E-state index in [1.54, 1.807) is 18.0 Å². The van der Waals surface area contributed by atoms with Gasteiger partial charge in [0.15, 0.2) is 0 Å². The lowest BCUT2D eigenvalue weighted by molar-refractivity contribution is -0.125. The molecule has 8 heteroatoms. The van der Waals surface area contributed by atoms with Gasteiger partial charge in [-0.05, 0) is 38.7 Å². The largest absolute Gasteiger partial charge is 0.353 e. The molecule has 1 aliphatic heterocycles. The van der Waals surface area contributed by atoms with Crippen LogP contribution in [0.2, 0.25) is 0 Å². The Morgan fingerprint density at radius 2 is 2.14 bits per heavy atom. The molecule has 29 heavy (non-hydrogen) atoms. The van der Waals surface area contributed by atoms with Gasteiger partial charge in [-0.15, -0.1) is 11.8 Å². The highest BCUT2D eigenvalue weighted by Gasteiger charge is 2.37. The molecule has 5 nitrogen and oxygen atoms in total. The Morgan fingerprint density at radius 1 is 1.31 bits per heavy atom. The van der Waals surface area contributed by atoms with E-state index >= 15 is 0 Å². The molecular formula is C21H26F2N4OS. The molecule has 2 heterocycles. The van der Waals surface area contributed by atoms with Crippen LogP contribution in [-0.2, 0) is 11.3 Å². The van der Waals surface area contributed by atoms with Gasteiger partial charge in [0.25, 0.3) is 0 Å². The number of benzene rings is 1. The van der Waals surface area contributed by atoms with Gasteiger partial charge in [0.2, 0.25) is 5.91 Å². The second kappa shape index (κ2) is 10.1. The second-order valence-electron chi connectivity index (χ2n) is 7.42.